The lowest BCUT2D eigenvalue weighted by Crippen LogP contribution is -2.50. The van der Waals surface area contributed by atoms with E-state index in [1.54, 1.807) is 0 Å². The highest BCUT2D eigenvalue weighted by molar-refractivity contribution is 5.86. The van der Waals surface area contributed by atoms with Gasteiger partial charge in [-0.15, -0.1) is 0 Å². The highest BCUT2D eigenvalue weighted by atomic mass is 16.3. The molecular weight excluding hydrogens is 244 g/mol. The standard InChI is InChI=1S/C14H28N2O3/c1-5-6-12(7-8-17)9-15-14(19)13(10(2)3)16-11(4)18/h10,12-13,17H,5-9H2,1-4H3,(H,15,19)(H,16,18). The largest absolute Gasteiger partial charge is 0.396 e. The zero-order valence-corrected chi connectivity index (χ0v) is 12.5. The van der Waals surface area contributed by atoms with Gasteiger partial charge >= 0.3 is 0 Å². The van der Waals surface area contributed by atoms with Crippen LogP contribution in [0.15, 0.2) is 0 Å². The average Bonchev–Trinajstić information content (AvgIpc) is 2.32. The number of carbonyl (C=O) groups is 2. The van der Waals surface area contributed by atoms with Gasteiger partial charge in [0.25, 0.3) is 0 Å². The number of aliphatic hydroxyl groups excluding tert-OH is 1. The maximum Gasteiger partial charge on any atom is 0.242 e. The van der Waals surface area contributed by atoms with Crippen molar-refractivity contribution in [3.05, 3.63) is 0 Å². The molecule has 0 saturated heterocycles. The predicted molar refractivity (Wildman–Crippen MR) is 75.6 cm³/mol. The molecule has 5 heteroatoms. The van der Waals surface area contributed by atoms with Crippen molar-refractivity contribution < 1.29 is 14.7 Å². The number of hydrogen-bond acceptors (Lipinski definition) is 3. The monoisotopic (exact) mass is 272 g/mol. The Bertz CT molecular complexity index is 274. The normalized spacial score (nSPS) is 14.0. The Balaban J connectivity index is 4.33. The Kier molecular flexibility index (Phi) is 9.21. The first-order valence-electron chi connectivity index (χ1n) is 7.08. The SMILES string of the molecule is CCCC(CCO)CNC(=O)C(NC(C)=O)C(C)C. The maximum absolute atomic E-state index is 12.0. The van der Waals surface area contributed by atoms with Gasteiger partial charge in [-0.2, -0.15) is 0 Å². The van der Waals surface area contributed by atoms with Crippen molar-refractivity contribution in [2.45, 2.75) is 53.0 Å². The quantitative estimate of drug-likeness (QED) is 0.587. The van der Waals surface area contributed by atoms with E-state index in [1.165, 1.54) is 6.92 Å². The summed E-state index contributed by atoms with van der Waals surface area (Å²) in [5, 5.41) is 14.5. The second-order valence-corrected chi connectivity index (χ2v) is 5.33. The molecule has 3 N–H and O–H groups in total. The number of nitrogens with one attached hydrogen (secondary N) is 2. The van der Waals surface area contributed by atoms with Gasteiger partial charge in [-0.25, -0.2) is 0 Å². The molecule has 2 atom stereocenters. The third-order valence-electron chi connectivity index (χ3n) is 3.11. The maximum atomic E-state index is 12.0. The highest BCUT2D eigenvalue weighted by Crippen LogP contribution is 2.10. The van der Waals surface area contributed by atoms with Crippen LogP contribution in [0.4, 0.5) is 0 Å². The van der Waals surface area contributed by atoms with E-state index in [0.29, 0.717) is 18.9 Å². The van der Waals surface area contributed by atoms with Gasteiger partial charge in [-0.05, 0) is 24.7 Å². The fraction of sp³-hybridized carbons (Fsp3) is 0.857. The lowest BCUT2D eigenvalue weighted by atomic mass is 9.99. The minimum absolute atomic E-state index is 0.0476. The molecule has 112 valence electrons. The van der Waals surface area contributed by atoms with E-state index in [1.807, 2.05) is 13.8 Å². The van der Waals surface area contributed by atoms with Crippen LogP contribution in [0.1, 0.15) is 47.0 Å². The van der Waals surface area contributed by atoms with Gasteiger partial charge in [0.05, 0.1) is 0 Å². The molecule has 0 fully saturated rings. The van der Waals surface area contributed by atoms with E-state index in [4.69, 9.17) is 5.11 Å². The smallest absolute Gasteiger partial charge is 0.242 e. The van der Waals surface area contributed by atoms with E-state index in [9.17, 15) is 9.59 Å². The molecule has 2 unspecified atom stereocenters. The number of aliphatic hydroxyl groups is 1. The lowest BCUT2D eigenvalue weighted by molar-refractivity contribution is -0.129. The van der Waals surface area contributed by atoms with E-state index < -0.39 is 6.04 Å². The first-order chi connectivity index (χ1) is 8.92. The predicted octanol–water partition coefficient (Wildman–Crippen LogP) is 1.06. The fourth-order valence-electron chi connectivity index (χ4n) is 2.05. The van der Waals surface area contributed by atoms with Crippen LogP contribution in [0, 0.1) is 11.8 Å². The molecule has 5 nitrogen and oxygen atoms in total. The van der Waals surface area contributed by atoms with Crippen LogP contribution in [0.2, 0.25) is 0 Å². The van der Waals surface area contributed by atoms with Gasteiger partial charge in [0.15, 0.2) is 0 Å². The van der Waals surface area contributed by atoms with E-state index in [-0.39, 0.29) is 24.3 Å². The van der Waals surface area contributed by atoms with Gasteiger partial charge in [-0.1, -0.05) is 27.2 Å². The summed E-state index contributed by atoms with van der Waals surface area (Å²) in [5.74, 6) is -0.00554. The zero-order valence-electron chi connectivity index (χ0n) is 12.5. The van der Waals surface area contributed by atoms with Crippen molar-refractivity contribution in [3.8, 4) is 0 Å². The van der Waals surface area contributed by atoms with Gasteiger partial charge in [-0.3, -0.25) is 9.59 Å². The van der Waals surface area contributed by atoms with Crippen molar-refractivity contribution in [1.82, 2.24) is 10.6 Å². The molecule has 0 heterocycles. The summed E-state index contributed by atoms with van der Waals surface area (Å²) < 4.78 is 0. The van der Waals surface area contributed by atoms with Crippen LogP contribution < -0.4 is 10.6 Å². The van der Waals surface area contributed by atoms with Gasteiger partial charge < -0.3 is 15.7 Å². The topological polar surface area (TPSA) is 78.4 Å². The molecule has 0 spiro atoms. The van der Waals surface area contributed by atoms with Crippen molar-refractivity contribution >= 4 is 11.8 Å². The number of carbonyl (C=O) groups excluding carboxylic acids is 2. The summed E-state index contributed by atoms with van der Waals surface area (Å²) in [6.45, 7) is 7.99. The summed E-state index contributed by atoms with van der Waals surface area (Å²) in [6, 6.07) is -0.492. The molecule has 0 aromatic heterocycles. The highest BCUT2D eigenvalue weighted by Gasteiger charge is 2.23. The Morgan fingerprint density at radius 2 is 1.84 bits per heavy atom. The first kappa shape index (κ1) is 17.9. The van der Waals surface area contributed by atoms with Crippen molar-refractivity contribution in [3.63, 3.8) is 0 Å². The van der Waals surface area contributed by atoms with Crippen LogP contribution in [0.25, 0.3) is 0 Å². The summed E-state index contributed by atoms with van der Waals surface area (Å²) >= 11 is 0. The molecule has 0 bridgehead atoms. The zero-order chi connectivity index (χ0) is 14.8. The van der Waals surface area contributed by atoms with Gasteiger partial charge in [0.2, 0.25) is 11.8 Å². The minimum atomic E-state index is -0.492. The van der Waals surface area contributed by atoms with Crippen molar-refractivity contribution in [2.24, 2.45) is 11.8 Å². The molecule has 0 aromatic rings. The van der Waals surface area contributed by atoms with Crippen LogP contribution in [0.3, 0.4) is 0 Å². The number of amides is 2. The first-order valence-corrected chi connectivity index (χ1v) is 7.08. The fourth-order valence-corrected chi connectivity index (χ4v) is 2.05. The van der Waals surface area contributed by atoms with Crippen molar-refractivity contribution in [2.75, 3.05) is 13.2 Å². The molecule has 0 radical (unpaired) electrons. The second kappa shape index (κ2) is 9.78. The molecule has 0 aromatic carbocycles. The molecule has 2 amide bonds. The lowest BCUT2D eigenvalue weighted by Gasteiger charge is -2.23. The molecule has 0 aliphatic rings. The molecule has 0 aliphatic heterocycles. The van der Waals surface area contributed by atoms with Crippen molar-refractivity contribution in [1.29, 1.82) is 0 Å². The van der Waals surface area contributed by atoms with Gasteiger partial charge in [0, 0.05) is 20.1 Å². The van der Waals surface area contributed by atoms with E-state index in [0.717, 1.165) is 12.8 Å². The van der Waals surface area contributed by atoms with Crippen LogP contribution in [0.5, 0.6) is 0 Å². The Labute approximate surface area is 116 Å². The van der Waals surface area contributed by atoms with E-state index in [2.05, 4.69) is 17.6 Å². The van der Waals surface area contributed by atoms with Crippen LogP contribution >= 0.6 is 0 Å². The Morgan fingerprint density at radius 3 is 2.26 bits per heavy atom. The molecular formula is C14H28N2O3. The second-order valence-electron chi connectivity index (χ2n) is 5.33. The Morgan fingerprint density at radius 1 is 1.21 bits per heavy atom. The third kappa shape index (κ3) is 7.82. The number of rotatable bonds is 9. The Hall–Kier alpha value is -1.10. The molecule has 0 aliphatic carbocycles. The van der Waals surface area contributed by atoms with E-state index >= 15 is 0 Å². The summed E-state index contributed by atoms with van der Waals surface area (Å²) in [5.41, 5.74) is 0. The summed E-state index contributed by atoms with van der Waals surface area (Å²) in [7, 11) is 0. The minimum Gasteiger partial charge on any atom is -0.396 e. The summed E-state index contributed by atoms with van der Waals surface area (Å²) in [6.07, 6.45) is 2.70. The number of hydrogen-bond donors (Lipinski definition) is 3. The third-order valence-corrected chi connectivity index (χ3v) is 3.11. The summed E-state index contributed by atoms with van der Waals surface area (Å²) in [4.78, 5) is 23.1. The molecule has 19 heavy (non-hydrogen) atoms. The van der Waals surface area contributed by atoms with Gasteiger partial charge in [0.1, 0.15) is 6.04 Å². The van der Waals surface area contributed by atoms with Crippen LogP contribution in [-0.2, 0) is 9.59 Å². The molecule has 0 saturated carbocycles. The average molecular weight is 272 g/mol. The van der Waals surface area contributed by atoms with Crippen LogP contribution in [-0.4, -0.2) is 36.1 Å². The molecule has 0 rings (SSSR count).